The van der Waals surface area contributed by atoms with Crippen molar-refractivity contribution < 1.29 is 4.39 Å². The van der Waals surface area contributed by atoms with E-state index in [2.05, 4.69) is 42.2 Å². The van der Waals surface area contributed by atoms with Crippen LogP contribution in [0.1, 0.15) is 24.2 Å². The van der Waals surface area contributed by atoms with E-state index in [9.17, 15) is 4.39 Å². The summed E-state index contributed by atoms with van der Waals surface area (Å²) in [4.78, 5) is 4.47. The Morgan fingerprint density at radius 2 is 2.10 bits per heavy atom. The summed E-state index contributed by atoms with van der Waals surface area (Å²) < 4.78 is 15.1. The number of halogens is 4. The molecule has 0 aliphatic rings. The molecule has 0 fully saturated rings. The van der Waals surface area contributed by atoms with E-state index in [0.717, 1.165) is 26.7 Å². The first-order valence-corrected chi connectivity index (χ1v) is 8.46. The van der Waals surface area contributed by atoms with Crippen LogP contribution in [0.5, 0.6) is 0 Å². The molecule has 0 radical (unpaired) electrons. The number of pyridine rings is 1. The maximum Gasteiger partial charge on any atom is 0.141 e. The molecule has 21 heavy (non-hydrogen) atoms. The molecular formula is C15H14Br2ClFN2. The smallest absolute Gasteiger partial charge is 0.141 e. The minimum Gasteiger partial charge on any atom is -0.309 e. The molecule has 1 atom stereocenters. The molecule has 0 saturated carbocycles. The largest absolute Gasteiger partial charge is 0.309 e. The van der Waals surface area contributed by atoms with Crippen LogP contribution < -0.4 is 5.32 Å². The molecule has 1 unspecified atom stereocenters. The Kier molecular flexibility index (Phi) is 6.17. The van der Waals surface area contributed by atoms with Gasteiger partial charge in [-0.1, -0.05) is 24.6 Å². The lowest BCUT2D eigenvalue weighted by atomic mass is 10.0. The molecule has 0 spiro atoms. The number of nitrogens with one attached hydrogen (secondary N) is 1. The molecule has 0 aliphatic heterocycles. The van der Waals surface area contributed by atoms with Gasteiger partial charge in [-0.05, 0) is 68.6 Å². The molecule has 0 aliphatic carbocycles. The van der Waals surface area contributed by atoms with Crippen molar-refractivity contribution >= 4 is 43.5 Å². The first-order chi connectivity index (χ1) is 10.0. The van der Waals surface area contributed by atoms with Gasteiger partial charge < -0.3 is 5.32 Å². The van der Waals surface area contributed by atoms with Crippen LogP contribution in [-0.2, 0) is 6.42 Å². The van der Waals surface area contributed by atoms with E-state index < -0.39 is 5.82 Å². The Morgan fingerprint density at radius 3 is 2.71 bits per heavy atom. The molecule has 2 rings (SSSR count). The van der Waals surface area contributed by atoms with Crippen LogP contribution in [0, 0.1) is 5.82 Å². The van der Waals surface area contributed by atoms with Crippen molar-refractivity contribution in [2.24, 2.45) is 0 Å². The molecule has 1 aromatic heterocycles. The number of aromatic nitrogens is 1. The molecule has 2 nitrogen and oxygen atoms in total. The number of benzene rings is 1. The van der Waals surface area contributed by atoms with Crippen LogP contribution >= 0.6 is 43.5 Å². The molecule has 6 heteroatoms. The molecule has 1 heterocycles. The lowest BCUT2D eigenvalue weighted by Gasteiger charge is -2.19. The summed E-state index contributed by atoms with van der Waals surface area (Å²) in [5.74, 6) is -0.400. The van der Waals surface area contributed by atoms with Gasteiger partial charge in [-0.25, -0.2) is 4.39 Å². The molecule has 1 N–H and O–H groups in total. The summed E-state index contributed by atoms with van der Waals surface area (Å²) >= 11 is 12.8. The monoisotopic (exact) mass is 434 g/mol. The summed E-state index contributed by atoms with van der Waals surface area (Å²) in [6, 6.07) is 6.79. The first kappa shape index (κ1) is 16.9. The number of likely N-dealkylation sites (N-methyl/N-ethyl adjacent to an activating group) is 1. The van der Waals surface area contributed by atoms with Crippen LogP contribution in [0.3, 0.4) is 0 Å². The van der Waals surface area contributed by atoms with Crippen LogP contribution in [0.2, 0.25) is 5.02 Å². The van der Waals surface area contributed by atoms with Crippen molar-refractivity contribution in [2.45, 2.75) is 19.4 Å². The zero-order valence-corrected chi connectivity index (χ0v) is 15.3. The minimum absolute atomic E-state index is 0.0269. The maximum atomic E-state index is 13.2. The van der Waals surface area contributed by atoms with Gasteiger partial charge in [0.1, 0.15) is 5.82 Å². The van der Waals surface area contributed by atoms with Crippen molar-refractivity contribution in [3.8, 4) is 0 Å². The molecule has 0 saturated heterocycles. The minimum atomic E-state index is -0.400. The van der Waals surface area contributed by atoms with Crippen molar-refractivity contribution in [3.05, 3.63) is 61.5 Å². The quantitative estimate of drug-likeness (QED) is 0.689. The van der Waals surface area contributed by atoms with E-state index in [1.165, 1.54) is 6.07 Å². The zero-order valence-electron chi connectivity index (χ0n) is 11.3. The predicted octanol–water partition coefficient (Wildman–Crippen LogP) is 5.29. The van der Waals surface area contributed by atoms with Gasteiger partial charge in [0.2, 0.25) is 0 Å². The van der Waals surface area contributed by atoms with Gasteiger partial charge in [0, 0.05) is 15.1 Å². The van der Waals surface area contributed by atoms with Crippen LogP contribution in [0.25, 0.3) is 0 Å². The summed E-state index contributed by atoms with van der Waals surface area (Å²) in [6.45, 7) is 2.85. The predicted molar refractivity (Wildman–Crippen MR) is 91.2 cm³/mol. The first-order valence-electron chi connectivity index (χ1n) is 6.49. The second kappa shape index (κ2) is 7.68. The van der Waals surface area contributed by atoms with E-state index in [0.29, 0.717) is 6.42 Å². The standard InChI is InChI=1S/C15H14Br2ClFN2/c1-2-20-14(15-11(17)7-10(16)8-21-15)6-9-3-4-13(19)12(18)5-9/h3-5,7-8,14,20H,2,6H2,1H3. The Balaban J connectivity index is 2.28. The highest BCUT2D eigenvalue weighted by molar-refractivity contribution is 9.11. The maximum absolute atomic E-state index is 13.2. The van der Waals surface area contributed by atoms with Crippen molar-refractivity contribution in [3.63, 3.8) is 0 Å². The summed E-state index contributed by atoms with van der Waals surface area (Å²) in [5, 5.41) is 3.54. The highest BCUT2D eigenvalue weighted by Crippen LogP contribution is 2.27. The fourth-order valence-corrected chi connectivity index (χ4v) is 3.56. The van der Waals surface area contributed by atoms with Gasteiger partial charge in [-0.15, -0.1) is 0 Å². The molecule has 0 amide bonds. The Hall–Kier alpha value is -0.490. The SMILES string of the molecule is CCNC(Cc1ccc(F)c(Cl)c1)c1ncc(Br)cc1Br. The van der Waals surface area contributed by atoms with E-state index >= 15 is 0 Å². The average molecular weight is 437 g/mol. The fraction of sp³-hybridized carbons (Fsp3) is 0.267. The highest BCUT2D eigenvalue weighted by Gasteiger charge is 2.16. The molecule has 2 aromatic rings. The number of nitrogens with zero attached hydrogens (tertiary/aromatic N) is 1. The Morgan fingerprint density at radius 1 is 1.33 bits per heavy atom. The Bertz CT molecular complexity index is 637. The van der Waals surface area contributed by atoms with Gasteiger partial charge in [-0.3, -0.25) is 4.98 Å². The van der Waals surface area contributed by atoms with Gasteiger partial charge in [-0.2, -0.15) is 0 Å². The second-order valence-electron chi connectivity index (χ2n) is 4.58. The topological polar surface area (TPSA) is 24.9 Å². The number of rotatable bonds is 5. The summed E-state index contributed by atoms with van der Waals surface area (Å²) in [5.41, 5.74) is 1.88. The number of hydrogen-bond donors (Lipinski definition) is 1. The number of hydrogen-bond acceptors (Lipinski definition) is 2. The van der Waals surface area contributed by atoms with Gasteiger partial charge >= 0.3 is 0 Å². The van der Waals surface area contributed by atoms with Gasteiger partial charge in [0.15, 0.2) is 0 Å². The van der Waals surface area contributed by atoms with Crippen molar-refractivity contribution in [1.29, 1.82) is 0 Å². The lowest BCUT2D eigenvalue weighted by Crippen LogP contribution is -2.24. The van der Waals surface area contributed by atoms with Crippen LogP contribution in [0.15, 0.2) is 39.4 Å². The second-order valence-corrected chi connectivity index (χ2v) is 6.76. The highest BCUT2D eigenvalue weighted by atomic mass is 79.9. The molecule has 1 aromatic carbocycles. The van der Waals surface area contributed by atoms with E-state index in [1.807, 2.05) is 13.0 Å². The van der Waals surface area contributed by atoms with E-state index in [-0.39, 0.29) is 11.1 Å². The summed E-state index contributed by atoms with van der Waals surface area (Å²) in [6.07, 6.45) is 2.45. The lowest BCUT2D eigenvalue weighted by molar-refractivity contribution is 0.533. The van der Waals surface area contributed by atoms with Crippen LogP contribution in [-0.4, -0.2) is 11.5 Å². The third-order valence-corrected chi connectivity index (χ3v) is 4.40. The molecule has 0 bridgehead atoms. The van der Waals surface area contributed by atoms with E-state index in [1.54, 1.807) is 18.3 Å². The zero-order chi connectivity index (χ0) is 15.4. The normalized spacial score (nSPS) is 12.4. The fourth-order valence-electron chi connectivity index (χ4n) is 2.10. The third kappa shape index (κ3) is 4.49. The van der Waals surface area contributed by atoms with Crippen LogP contribution in [0.4, 0.5) is 4.39 Å². The van der Waals surface area contributed by atoms with Crippen molar-refractivity contribution in [2.75, 3.05) is 6.54 Å². The van der Waals surface area contributed by atoms with Crippen molar-refractivity contribution in [1.82, 2.24) is 10.3 Å². The van der Waals surface area contributed by atoms with Gasteiger partial charge in [0.05, 0.1) is 16.8 Å². The van der Waals surface area contributed by atoms with E-state index in [4.69, 9.17) is 11.6 Å². The average Bonchev–Trinajstić information content (AvgIpc) is 2.42. The van der Waals surface area contributed by atoms with Gasteiger partial charge in [0.25, 0.3) is 0 Å². The molecule has 112 valence electrons. The molecular weight excluding hydrogens is 422 g/mol. The Labute approximate surface area is 145 Å². The third-order valence-electron chi connectivity index (χ3n) is 3.04. The summed E-state index contributed by atoms with van der Waals surface area (Å²) in [7, 11) is 0.